The second kappa shape index (κ2) is 9.62. The molecule has 0 radical (unpaired) electrons. The van der Waals surface area contributed by atoms with Crippen LogP contribution in [0.2, 0.25) is 5.02 Å². The van der Waals surface area contributed by atoms with Crippen molar-refractivity contribution in [3.63, 3.8) is 0 Å². The van der Waals surface area contributed by atoms with Gasteiger partial charge in [-0.15, -0.1) is 0 Å². The number of furan rings is 1. The molecule has 2 amide bonds. The van der Waals surface area contributed by atoms with E-state index in [1.807, 2.05) is 0 Å². The number of amides is 2. The number of hydrogen-bond acceptors (Lipinski definition) is 5. The van der Waals surface area contributed by atoms with Gasteiger partial charge in [0, 0.05) is 23.7 Å². The van der Waals surface area contributed by atoms with Crippen molar-refractivity contribution in [2.75, 3.05) is 11.9 Å². The van der Waals surface area contributed by atoms with E-state index < -0.39 is 18.0 Å². The SMILES string of the molecule is CC(OC(=O)CCCNC(=O)c1ccco1)C(=O)Nc1cccc(Cl)c1. The second-order valence-electron chi connectivity index (χ2n) is 5.47. The molecule has 1 heterocycles. The highest BCUT2D eigenvalue weighted by Crippen LogP contribution is 2.15. The molecule has 0 saturated carbocycles. The number of carbonyl (C=O) groups excluding carboxylic acids is 3. The molecule has 0 fully saturated rings. The first-order valence-electron chi connectivity index (χ1n) is 8.03. The second-order valence-corrected chi connectivity index (χ2v) is 5.90. The molecule has 1 aromatic carbocycles. The van der Waals surface area contributed by atoms with Crippen LogP contribution in [0.1, 0.15) is 30.3 Å². The van der Waals surface area contributed by atoms with Gasteiger partial charge in [-0.1, -0.05) is 17.7 Å². The summed E-state index contributed by atoms with van der Waals surface area (Å²) < 4.78 is 10.0. The summed E-state index contributed by atoms with van der Waals surface area (Å²) in [6.45, 7) is 1.77. The molecule has 1 unspecified atom stereocenters. The van der Waals surface area contributed by atoms with Crippen LogP contribution >= 0.6 is 11.6 Å². The van der Waals surface area contributed by atoms with Crippen molar-refractivity contribution >= 4 is 35.1 Å². The summed E-state index contributed by atoms with van der Waals surface area (Å²) in [6.07, 6.45) is 0.919. The topological polar surface area (TPSA) is 97.6 Å². The van der Waals surface area contributed by atoms with Crippen LogP contribution in [0.4, 0.5) is 5.69 Å². The molecule has 0 aliphatic carbocycles. The van der Waals surface area contributed by atoms with E-state index in [9.17, 15) is 14.4 Å². The molecule has 0 saturated heterocycles. The molecule has 0 spiro atoms. The van der Waals surface area contributed by atoms with E-state index in [1.165, 1.54) is 13.2 Å². The summed E-state index contributed by atoms with van der Waals surface area (Å²) in [6, 6.07) is 9.82. The highest BCUT2D eigenvalue weighted by atomic mass is 35.5. The molecule has 7 nitrogen and oxygen atoms in total. The van der Waals surface area contributed by atoms with E-state index in [0.717, 1.165) is 0 Å². The first-order valence-corrected chi connectivity index (χ1v) is 8.41. The Morgan fingerprint density at radius 1 is 1.23 bits per heavy atom. The maximum atomic E-state index is 12.0. The fraction of sp³-hybridized carbons (Fsp3) is 0.278. The quantitative estimate of drug-likeness (QED) is 0.543. The lowest BCUT2D eigenvalue weighted by Gasteiger charge is -2.13. The first kappa shape index (κ1) is 19.5. The maximum absolute atomic E-state index is 12.0. The lowest BCUT2D eigenvalue weighted by molar-refractivity contribution is -0.153. The molecule has 0 aliphatic rings. The minimum Gasteiger partial charge on any atom is -0.459 e. The van der Waals surface area contributed by atoms with Gasteiger partial charge in [0.1, 0.15) is 0 Å². The number of halogens is 1. The summed E-state index contributed by atoms with van der Waals surface area (Å²) in [7, 11) is 0. The van der Waals surface area contributed by atoms with Crippen LogP contribution in [0.25, 0.3) is 0 Å². The molecule has 2 N–H and O–H groups in total. The average Bonchev–Trinajstić information content (AvgIpc) is 3.13. The Morgan fingerprint density at radius 3 is 2.73 bits per heavy atom. The summed E-state index contributed by atoms with van der Waals surface area (Å²) in [4.78, 5) is 35.4. The van der Waals surface area contributed by atoms with Crippen molar-refractivity contribution in [2.24, 2.45) is 0 Å². The number of hydrogen-bond donors (Lipinski definition) is 2. The third-order valence-corrected chi connectivity index (χ3v) is 3.59. The minimum absolute atomic E-state index is 0.0766. The average molecular weight is 379 g/mol. The van der Waals surface area contributed by atoms with Gasteiger partial charge in [0.05, 0.1) is 6.26 Å². The van der Waals surface area contributed by atoms with Crippen LogP contribution in [0, 0.1) is 0 Å². The van der Waals surface area contributed by atoms with E-state index in [1.54, 1.807) is 36.4 Å². The molecular formula is C18H19ClN2O5. The number of nitrogens with one attached hydrogen (secondary N) is 2. The number of carbonyl (C=O) groups is 3. The lowest BCUT2D eigenvalue weighted by Crippen LogP contribution is -2.30. The zero-order valence-corrected chi connectivity index (χ0v) is 14.9. The van der Waals surface area contributed by atoms with Gasteiger partial charge in [-0.25, -0.2) is 0 Å². The Morgan fingerprint density at radius 2 is 2.04 bits per heavy atom. The molecule has 1 aromatic heterocycles. The molecule has 0 bridgehead atoms. The highest BCUT2D eigenvalue weighted by molar-refractivity contribution is 6.30. The number of esters is 1. The summed E-state index contributed by atoms with van der Waals surface area (Å²) >= 11 is 5.85. The molecular weight excluding hydrogens is 360 g/mol. The standard InChI is InChI=1S/C18H19ClN2O5/c1-12(17(23)21-14-6-2-5-13(19)11-14)26-16(22)8-3-9-20-18(24)15-7-4-10-25-15/h2,4-7,10-12H,3,8-9H2,1H3,(H,20,24)(H,21,23). The highest BCUT2D eigenvalue weighted by Gasteiger charge is 2.18. The van der Waals surface area contributed by atoms with Crippen molar-refractivity contribution in [2.45, 2.75) is 25.9 Å². The number of benzene rings is 1. The van der Waals surface area contributed by atoms with Gasteiger partial charge in [-0.05, 0) is 43.7 Å². The van der Waals surface area contributed by atoms with Crippen LogP contribution in [0.15, 0.2) is 47.1 Å². The fourth-order valence-electron chi connectivity index (χ4n) is 2.05. The van der Waals surface area contributed by atoms with E-state index in [0.29, 0.717) is 17.1 Å². The number of ether oxygens (including phenoxy) is 1. The molecule has 138 valence electrons. The Bertz CT molecular complexity index is 761. The van der Waals surface area contributed by atoms with E-state index in [4.69, 9.17) is 20.8 Å². The van der Waals surface area contributed by atoms with E-state index in [-0.39, 0.29) is 24.6 Å². The first-order chi connectivity index (χ1) is 12.5. The van der Waals surface area contributed by atoms with Gasteiger partial charge in [-0.3, -0.25) is 14.4 Å². The minimum atomic E-state index is -0.945. The van der Waals surface area contributed by atoms with E-state index >= 15 is 0 Å². The van der Waals surface area contributed by atoms with Gasteiger partial charge >= 0.3 is 5.97 Å². The predicted molar refractivity (Wildman–Crippen MR) is 95.9 cm³/mol. The largest absolute Gasteiger partial charge is 0.459 e. The molecule has 2 aromatic rings. The van der Waals surface area contributed by atoms with Gasteiger partial charge in [0.2, 0.25) is 0 Å². The number of anilines is 1. The van der Waals surface area contributed by atoms with Gasteiger partial charge in [0.25, 0.3) is 11.8 Å². The lowest BCUT2D eigenvalue weighted by atomic mass is 10.3. The van der Waals surface area contributed by atoms with Crippen LogP contribution in [0.5, 0.6) is 0 Å². The van der Waals surface area contributed by atoms with Crippen LogP contribution in [-0.4, -0.2) is 30.4 Å². The molecule has 1 atom stereocenters. The Hall–Kier alpha value is -2.80. The normalized spacial score (nSPS) is 11.5. The number of rotatable bonds is 8. The van der Waals surface area contributed by atoms with Crippen molar-refractivity contribution in [3.8, 4) is 0 Å². The molecule has 26 heavy (non-hydrogen) atoms. The third-order valence-electron chi connectivity index (χ3n) is 3.36. The fourth-order valence-corrected chi connectivity index (χ4v) is 2.24. The smallest absolute Gasteiger partial charge is 0.306 e. The maximum Gasteiger partial charge on any atom is 0.306 e. The van der Waals surface area contributed by atoms with Crippen LogP contribution in [-0.2, 0) is 14.3 Å². The molecule has 2 rings (SSSR count). The third kappa shape index (κ3) is 6.25. The molecule has 8 heteroatoms. The zero-order chi connectivity index (χ0) is 18.9. The Kier molecular flexibility index (Phi) is 7.23. The monoisotopic (exact) mass is 378 g/mol. The summed E-state index contributed by atoms with van der Waals surface area (Å²) in [5.41, 5.74) is 0.519. The van der Waals surface area contributed by atoms with Crippen molar-refractivity contribution in [1.82, 2.24) is 5.32 Å². The Balaban J connectivity index is 1.66. The van der Waals surface area contributed by atoms with Gasteiger partial charge in [0.15, 0.2) is 11.9 Å². The van der Waals surface area contributed by atoms with E-state index in [2.05, 4.69) is 10.6 Å². The predicted octanol–water partition coefficient (Wildman–Crippen LogP) is 3.01. The van der Waals surface area contributed by atoms with Gasteiger partial charge in [-0.2, -0.15) is 0 Å². The van der Waals surface area contributed by atoms with Crippen molar-refractivity contribution in [3.05, 3.63) is 53.4 Å². The van der Waals surface area contributed by atoms with Crippen molar-refractivity contribution < 1.29 is 23.5 Å². The van der Waals surface area contributed by atoms with Gasteiger partial charge < -0.3 is 19.8 Å². The molecule has 0 aliphatic heterocycles. The van der Waals surface area contributed by atoms with Crippen LogP contribution in [0.3, 0.4) is 0 Å². The van der Waals surface area contributed by atoms with Crippen LogP contribution < -0.4 is 10.6 Å². The zero-order valence-electron chi connectivity index (χ0n) is 14.2. The van der Waals surface area contributed by atoms with Crippen molar-refractivity contribution in [1.29, 1.82) is 0 Å². The summed E-state index contributed by atoms with van der Waals surface area (Å²) in [5.74, 6) is -1.12. The summed E-state index contributed by atoms with van der Waals surface area (Å²) in [5, 5.41) is 5.73. The Labute approximate surface area is 155 Å².